The Hall–Kier alpha value is -1.34. The largest absolute Gasteiger partial charge is 0.384 e. The zero-order valence-corrected chi connectivity index (χ0v) is 13.9. The first kappa shape index (κ1) is 16.5. The van der Waals surface area contributed by atoms with E-state index < -0.39 is 5.60 Å². The van der Waals surface area contributed by atoms with Crippen molar-refractivity contribution in [3.05, 3.63) is 35.9 Å². The average molecular weight is 314 g/mol. The molecule has 1 heterocycles. The van der Waals surface area contributed by atoms with Gasteiger partial charge in [0, 0.05) is 6.42 Å². The molecule has 2 N–H and O–H groups in total. The van der Waals surface area contributed by atoms with E-state index in [4.69, 9.17) is 4.74 Å². The first-order valence-corrected chi connectivity index (χ1v) is 8.94. The van der Waals surface area contributed by atoms with Crippen molar-refractivity contribution in [1.29, 1.82) is 0 Å². The molecule has 3 heteroatoms. The van der Waals surface area contributed by atoms with Gasteiger partial charge in [-0.25, -0.2) is 0 Å². The fourth-order valence-corrected chi connectivity index (χ4v) is 3.83. The monoisotopic (exact) mass is 314 g/mol. The van der Waals surface area contributed by atoms with Crippen LogP contribution in [0, 0.1) is 17.8 Å². The fourth-order valence-electron chi connectivity index (χ4n) is 3.83. The number of hydrogen-bond donors (Lipinski definition) is 2. The molecule has 1 saturated heterocycles. The summed E-state index contributed by atoms with van der Waals surface area (Å²) in [5.74, 6) is 6.93. The summed E-state index contributed by atoms with van der Waals surface area (Å²) in [6.07, 6.45) is 5.23. The van der Waals surface area contributed by atoms with Crippen LogP contribution in [0.25, 0.3) is 0 Å². The van der Waals surface area contributed by atoms with Crippen LogP contribution in [-0.2, 0) is 10.3 Å². The van der Waals surface area contributed by atoms with Crippen LogP contribution in [-0.4, -0.2) is 38.0 Å². The zero-order chi connectivity index (χ0) is 16.0. The fraction of sp³-hybridized carbons (Fsp3) is 0.600. The van der Waals surface area contributed by atoms with E-state index >= 15 is 0 Å². The van der Waals surface area contributed by atoms with Gasteiger partial charge in [-0.1, -0.05) is 49.1 Å². The van der Waals surface area contributed by atoms with E-state index in [0.29, 0.717) is 12.3 Å². The molecule has 1 aromatic rings. The Morgan fingerprint density at radius 3 is 2.48 bits per heavy atom. The highest BCUT2D eigenvalue weighted by atomic mass is 16.5. The van der Waals surface area contributed by atoms with E-state index in [-0.39, 0.29) is 0 Å². The number of aliphatic hydroxyl groups is 1. The number of hydrogen-bond acceptors (Lipinski definition) is 2. The minimum atomic E-state index is -0.787. The van der Waals surface area contributed by atoms with Crippen molar-refractivity contribution in [2.24, 2.45) is 5.92 Å². The van der Waals surface area contributed by atoms with Crippen molar-refractivity contribution in [3.8, 4) is 11.8 Å². The standard InChI is InChI=1S/C20H27NO2/c22-20(19-10-4-5-11-19,18-8-2-1-3-9-18)12-6-7-13-21-14-16-23-17-15-21/h1-3,8-9,19,22H,4-5,10-17H2/p+1. The lowest BCUT2D eigenvalue weighted by Gasteiger charge is -2.33. The molecule has 0 amide bonds. The summed E-state index contributed by atoms with van der Waals surface area (Å²) in [7, 11) is 0. The molecule has 124 valence electrons. The highest BCUT2D eigenvalue weighted by Gasteiger charge is 2.39. The molecule has 1 aliphatic carbocycles. The molecule has 2 aliphatic rings. The molecule has 1 aromatic carbocycles. The molecule has 2 fully saturated rings. The number of nitrogens with one attached hydrogen (secondary N) is 1. The van der Waals surface area contributed by atoms with Gasteiger partial charge in [0.25, 0.3) is 0 Å². The Morgan fingerprint density at radius 1 is 1.09 bits per heavy atom. The first-order chi connectivity index (χ1) is 11.3. The molecular weight excluding hydrogens is 286 g/mol. The number of morpholine rings is 1. The van der Waals surface area contributed by atoms with E-state index in [1.165, 1.54) is 17.7 Å². The third kappa shape index (κ3) is 4.14. The van der Waals surface area contributed by atoms with Crippen molar-refractivity contribution in [1.82, 2.24) is 0 Å². The molecule has 23 heavy (non-hydrogen) atoms. The summed E-state index contributed by atoms with van der Waals surface area (Å²) in [6, 6.07) is 10.1. The average Bonchev–Trinajstić information content (AvgIpc) is 3.15. The maximum absolute atomic E-state index is 11.4. The van der Waals surface area contributed by atoms with Gasteiger partial charge in [0.15, 0.2) is 0 Å². The Balaban J connectivity index is 1.67. The Bertz CT molecular complexity index is 536. The summed E-state index contributed by atoms with van der Waals surface area (Å²) in [5.41, 5.74) is 0.241. The summed E-state index contributed by atoms with van der Waals surface area (Å²) in [5, 5.41) is 11.4. The second kappa shape index (κ2) is 7.97. The molecule has 0 bridgehead atoms. The second-order valence-electron chi connectivity index (χ2n) is 6.84. The number of quaternary nitrogens is 1. The maximum Gasteiger partial charge on any atom is 0.139 e. The van der Waals surface area contributed by atoms with Crippen molar-refractivity contribution >= 4 is 0 Å². The molecule has 0 radical (unpaired) electrons. The van der Waals surface area contributed by atoms with Crippen LogP contribution in [0.3, 0.4) is 0 Å². The lowest BCUT2D eigenvalue weighted by atomic mass is 9.78. The molecule has 0 spiro atoms. The van der Waals surface area contributed by atoms with E-state index in [0.717, 1.165) is 51.3 Å². The lowest BCUT2D eigenvalue weighted by molar-refractivity contribution is -0.900. The van der Waals surface area contributed by atoms with Gasteiger partial charge in [-0.2, -0.15) is 0 Å². The van der Waals surface area contributed by atoms with Crippen molar-refractivity contribution in [3.63, 3.8) is 0 Å². The third-order valence-electron chi connectivity index (χ3n) is 5.33. The molecule has 0 aromatic heterocycles. The lowest BCUT2D eigenvalue weighted by Crippen LogP contribution is -3.14. The van der Waals surface area contributed by atoms with Crippen LogP contribution >= 0.6 is 0 Å². The van der Waals surface area contributed by atoms with Gasteiger partial charge in [0.05, 0.1) is 13.2 Å². The number of benzene rings is 1. The van der Waals surface area contributed by atoms with Gasteiger partial charge in [0.1, 0.15) is 25.2 Å². The Kier molecular flexibility index (Phi) is 5.72. The van der Waals surface area contributed by atoms with Crippen molar-refractivity contribution < 1.29 is 14.7 Å². The maximum atomic E-state index is 11.4. The van der Waals surface area contributed by atoms with E-state index in [1.54, 1.807) is 0 Å². The number of ether oxygens (including phenoxy) is 1. The molecule has 1 saturated carbocycles. The topological polar surface area (TPSA) is 33.9 Å². The number of rotatable bonds is 4. The predicted molar refractivity (Wildman–Crippen MR) is 91.1 cm³/mol. The van der Waals surface area contributed by atoms with Crippen LogP contribution in [0.15, 0.2) is 30.3 Å². The van der Waals surface area contributed by atoms with Crippen LogP contribution in [0.5, 0.6) is 0 Å². The van der Waals surface area contributed by atoms with Crippen LogP contribution in [0.4, 0.5) is 0 Å². The quantitative estimate of drug-likeness (QED) is 0.823. The van der Waals surface area contributed by atoms with E-state index in [2.05, 4.69) is 11.8 Å². The predicted octanol–water partition coefficient (Wildman–Crippen LogP) is 1.37. The van der Waals surface area contributed by atoms with Gasteiger partial charge in [-0.3, -0.25) is 0 Å². The summed E-state index contributed by atoms with van der Waals surface area (Å²) in [4.78, 5) is 1.49. The molecule has 1 atom stereocenters. The van der Waals surface area contributed by atoms with Crippen LogP contribution in [0.1, 0.15) is 37.7 Å². The Labute approximate surface area is 139 Å². The normalized spacial score (nSPS) is 22.3. The van der Waals surface area contributed by atoms with Gasteiger partial charge < -0.3 is 14.7 Å². The van der Waals surface area contributed by atoms with Crippen LogP contribution < -0.4 is 4.90 Å². The summed E-state index contributed by atoms with van der Waals surface area (Å²) < 4.78 is 5.38. The molecule has 3 rings (SSSR count). The zero-order valence-electron chi connectivity index (χ0n) is 13.9. The Morgan fingerprint density at radius 2 is 1.78 bits per heavy atom. The molecule has 3 nitrogen and oxygen atoms in total. The van der Waals surface area contributed by atoms with Gasteiger partial charge in [0.2, 0.25) is 0 Å². The highest BCUT2D eigenvalue weighted by Crippen LogP contribution is 2.42. The molecule has 1 unspecified atom stereocenters. The minimum Gasteiger partial charge on any atom is -0.384 e. The van der Waals surface area contributed by atoms with Crippen molar-refractivity contribution in [2.75, 3.05) is 32.8 Å². The van der Waals surface area contributed by atoms with E-state index in [9.17, 15) is 5.11 Å². The smallest absolute Gasteiger partial charge is 0.139 e. The van der Waals surface area contributed by atoms with Gasteiger partial charge >= 0.3 is 0 Å². The second-order valence-corrected chi connectivity index (χ2v) is 6.84. The van der Waals surface area contributed by atoms with Gasteiger partial charge in [-0.15, -0.1) is 0 Å². The SMILES string of the molecule is OC(CC#CC[NH+]1CCOCC1)(c1ccccc1)C1CCCC1. The van der Waals surface area contributed by atoms with E-state index in [1.807, 2.05) is 30.3 Å². The minimum absolute atomic E-state index is 0.343. The summed E-state index contributed by atoms with van der Waals surface area (Å²) >= 11 is 0. The first-order valence-electron chi connectivity index (χ1n) is 8.94. The highest BCUT2D eigenvalue weighted by molar-refractivity contribution is 5.26. The van der Waals surface area contributed by atoms with Gasteiger partial charge in [-0.05, 0) is 30.2 Å². The third-order valence-corrected chi connectivity index (χ3v) is 5.33. The van der Waals surface area contributed by atoms with Crippen LogP contribution in [0.2, 0.25) is 0 Å². The molecular formula is C20H28NO2+. The van der Waals surface area contributed by atoms with Crippen molar-refractivity contribution in [2.45, 2.75) is 37.7 Å². The summed E-state index contributed by atoms with van der Waals surface area (Å²) in [6.45, 7) is 4.62. The molecule has 1 aliphatic heterocycles.